The number of aromatic nitrogens is 2. The number of methoxy groups -OCH3 is 1. The number of carbonyl (C=O) groups excluding carboxylic acids is 1. The van der Waals surface area contributed by atoms with E-state index in [2.05, 4.69) is 11.1 Å². The minimum Gasteiger partial charge on any atom is -0.467 e. The minimum atomic E-state index is -0.560. The quantitative estimate of drug-likeness (QED) is 0.644. The van der Waals surface area contributed by atoms with Crippen molar-refractivity contribution in [1.29, 1.82) is 5.26 Å². The number of fused-ring (bicyclic) bond motifs is 1. The van der Waals surface area contributed by atoms with Gasteiger partial charge in [-0.15, -0.1) is 11.6 Å². The van der Waals surface area contributed by atoms with Gasteiger partial charge in [-0.25, -0.2) is 9.78 Å². The number of hydrogen-bond donors (Lipinski definition) is 0. The van der Waals surface area contributed by atoms with Crippen LogP contribution in [0.2, 0.25) is 0 Å². The zero-order valence-electron chi connectivity index (χ0n) is 11.4. The van der Waals surface area contributed by atoms with E-state index in [1.54, 1.807) is 36.6 Å². The molecule has 0 amide bonds. The molecule has 0 fully saturated rings. The summed E-state index contributed by atoms with van der Waals surface area (Å²) in [5, 5.41) is 8.64. The third-order valence-electron chi connectivity index (χ3n) is 3.13. The van der Waals surface area contributed by atoms with Gasteiger partial charge in [-0.05, 0) is 32.0 Å². The largest absolute Gasteiger partial charge is 0.467 e. The predicted molar refractivity (Wildman–Crippen MR) is 75.4 cm³/mol. The Morgan fingerprint density at radius 2 is 2.20 bits per heavy atom. The van der Waals surface area contributed by atoms with Gasteiger partial charge in [0.05, 0.1) is 35.2 Å². The van der Waals surface area contributed by atoms with Gasteiger partial charge in [0, 0.05) is 0 Å². The Morgan fingerprint density at radius 1 is 1.50 bits per heavy atom. The lowest BCUT2D eigenvalue weighted by Gasteiger charge is -2.16. The molecule has 0 aliphatic rings. The Balaban J connectivity index is 2.73. The summed E-state index contributed by atoms with van der Waals surface area (Å²) in [5.74, 6) is 0.194. The van der Waals surface area contributed by atoms with Gasteiger partial charge in [-0.3, -0.25) is 0 Å². The molecular weight excluding hydrogens is 278 g/mol. The molecule has 0 bridgehead atoms. The molecular formula is C14H14ClN3O2. The predicted octanol–water partition coefficient (Wildman–Crippen LogP) is 2.94. The first kappa shape index (κ1) is 14.4. The summed E-state index contributed by atoms with van der Waals surface area (Å²) < 4.78 is 6.50. The highest BCUT2D eigenvalue weighted by atomic mass is 35.5. The Kier molecular flexibility index (Phi) is 3.96. The summed E-state index contributed by atoms with van der Waals surface area (Å²) in [5.41, 5.74) is 1.90. The Hall–Kier alpha value is -2.06. The van der Waals surface area contributed by atoms with Crippen molar-refractivity contribution in [3.05, 3.63) is 29.6 Å². The van der Waals surface area contributed by atoms with Gasteiger partial charge in [-0.2, -0.15) is 5.26 Å². The number of imidazole rings is 1. The molecule has 0 saturated carbocycles. The van der Waals surface area contributed by atoms with Crippen molar-refractivity contribution in [2.75, 3.05) is 7.11 Å². The second-order valence-electron chi connectivity index (χ2n) is 4.47. The number of carbonyl (C=O) groups is 1. The van der Waals surface area contributed by atoms with E-state index < -0.39 is 6.04 Å². The van der Waals surface area contributed by atoms with Gasteiger partial charge in [0.1, 0.15) is 11.9 Å². The van der Waals surface area contributed by atoms with Crippen LogP contribution >= 0.6 is 11.6 Å². The van der Waals surface area contributed by atoms with Crippen molar-refractivity contribution in [2.45, 2.75) is 25.3 Å². The van der Waals surface area contributed by atoms with E-state index in [1.165, 1.54) is 7.11 Å². The highest BCUT2D eigenvalue weighted by Crippen LogP contribution is 2.29. The van der Waals surface area contributed by atoms with Crippen LogP contribution < -0.4 is 0 Å². The third kappa shape index (κ3) is 2.35. The van der Waals surface area contributed by atoms with Gasteiger partial charge in [0.2, 0.25) is 0 Å². The number of benzene rings is 1. The summed E-state index contributed by atoms with van der Waals surface area (Å²) in [6.45, 7) is 3.50. The monoisotopic (exact) mass is 291 g/mol. The first-order valence-electron chi connectivity index (χ1n) is 6.13. The lowest BCUT2D eigenvalue weighted by molar-refractivity contribution is -0.143. The summed E-state index contributed by atoms with van der Waals surface area (Å²) in [6.07, 6.45) is 0. The molecule has 0 aliphatic heterocycles. The van der Waals surface area contributed by atoms with Crippen LogP contribution in [-0.4, -0.2) is 22.6 Å². The first-order valence-corrected chi connectivity index (χ1v) is 6.57. The van der Waals surface area contributed by atoms with Crippen LogP contribution in [0.1, 0.15) is 36.7 Å². The summed E-state index contributed by atoms with van der Waals surface area (Å²) in [7, 11) is 1.34. The SMILES string of the molecule is COC(=O)C(C)n1c(C(C)Cl)nc2ccc(C#N)cc21. The molecule has 2 atom stereocenters. The van der Waals surface area contributed by atoms with Crippen molar-refractivity contribution in [2.24, 2.45) is 0 Å². The fraction of sp³-hybridized carbons (Fsp3) is 0.357. The van der Waals surface area contributed by atoms with Crippen LogP contribution in [-0.2, 0) is 9.53 Å². The fourth-order valence-corrected chi connectivity index (χ4v) is 2.30. The van der Waals surface area contributed by atoms with Crippen LogP contribution in [0.15, 0.2) is 18.2 Å². The highest BCUT2D eigenvalue weighted by molar-refractivity contribution is 6.20. The topological polar surface area (TPSA) is 67.9 Å². The number of rotatable bonds is 3. The minimum absolute atomic E-state index is 0.361. The zero-order chi connectivity index (χ0) is 14.9. The molecule has 0 aliphatic carbocycles. The van der Waals surface area contributed by atoms with Crippen molar-refractivity contribution < 1.29 is 9.53 Å². The van der Waals surface area contributed by atoms with E-state index in [-0.39, 0.29) is 11.3 Å². The molecule has 5 nitrogen and oxygen atoms in total. The average molecular weight is 292 g/mol. The van der Waals surface area contributed by atoms with E-state index in [4.69, 9.17) is 21.6 Å². The number of ether oxygens (including phenoxy) is 1. The Morgan fingerprint density at radius 3 is 2.75 bits per heavy atom. The number of nitriles is 1. The maximum atomic E-state index is 11.8. The van der Waals surface area contributed by atoms with Gasteiger partial charge >= 0.3 is 5.97 Å². The number of nitrogens with zero attached hydrogens (tertiary/aromatic N) is 3. The van der Waals surface area contributed by atoms with Gasteiger partial charge in [0.15, 0.2) is 0 Å². The van der Waals surface area contributed by atoms with Crippen molar-refractivity contribution in [3.63, 3.8) is 0 Å². The summed E-state index contributed by atoms with van der Waals surface area (Å²) in [6, 6.07) is 6.65. The second kappa shape index (κ2) is 5.51. The number of alkyl halides is 1. The normalized spacial score (nSPS) is 13.8. The maximum absolute atomic E-state index is 11.8. The van der Waals surface area contributed by atoms with E-state index >= 15 is 0 Å². The van der Waals surface area contributed by atoms with E-state index in [1.807, 2.05) is 0 Å². The number of esters is 1. The fourth-order valence-electron chi connectivity index (χ4n) is 2.14. The highest BCUT2D eigenvalue weighted by Gasteiger charge is 2.24. The van der Waals surface area contributed by atoms with Crippen molar-refractivity contribution in [3.8, 4) is 6.07 Å². The van der Waals surface area contributed by atoms with E-state index in [0.29, 0.717) is 22.4 Å². The lowest BCUT2D eigenvalue weighted by atomic mass is 10.2. The zero-order valence-corrected chi connectivity index (χ0v) is 12.2. The molecule has 0 spiro atoms. The van der Waals surface area contributed by atoms with Crippen LogP contribution in [0.25, 0.3) is 11.0 Å². The van der Waals surface area contributed by atoms with Crippen LogP contribution in [0.4, 0.5) is 0 Å². The standard InChI is InChI=1S/C14H14ClN3O2/c1-8(15)13-17-11-5-4-10(7-16)6-12(11)18(13)9(2)14(19)20-3/h4-6,8-9H,1-3H3. The van der Waals surface area contributed by atoms with E-state index in [0.717, 1.165) is 0 Å². The van der Waals surface area contributed by atoms with Crippen molar-refractivity contribution >= 4 is 28.6 Å². The molecule has 1 aromatic heterocycles. The molecule has 2 rings (SSSR count). The third-order valence-corrected chi connectivity index (χ3v) is 3.33. The van der Waals surface area contributed by atoms with Gasteiger partial charge in [-0.1, -0.05) is 0 Å². The van der Waals surface area contributed by atoms with E-state index in [9.17, 15) is 4.79 Å². The second-order valence-corrected chi connectivity index (χ2v) is 5.13. The number of hydrogen-bond acceptors (Lipinski definition) is 4. The maximum Gasteiger partial charge on any atom is 0.328 e. The Labute approximate surface area is 121 Å². The van der Waals surface area contributed by atoms with Crippen LogP contribution in [0, 0.1) is 11.3 Å². The first-order chi connectivity index (χ1) is 9.49. The Bertz CT molecular complexity index is 700. The van der Waals surface area contributed by atoms with Crippen LogP contribution in [0.3, 0.4) is 0 Å². The lowest BCUT2D eigenvalue weighted by Crippen LogP contribution is -2.20. The summed E-state index contributed by atoms with van der Waals surface area (Å²) >= 11 is 6.14. The molecule has 0 N–H and O–H groups in total. The number of halogens is 1. The molecule has 20 heavy (non-hydrogen) atoms. The molecule has 1 aromatic carbocycles. The van der Waals surface area contributed by atoms with Crippen molar-refractivity contribution in [1.82, 2.24) is 9.55 Å². The van der Waals surface area contributed by atoms with Crippen LogP contribution in [0.5, 0.6) is 0 Å². The smallest absolute Gasteiger partial charge is 0.328 e. The average Bonchev–Trinajstić information content (AvgIpc) is 2.83. The summed E-state index contributed by atoms with van der Waals surface area (Å²) in [4.78, 5) is 16.2. The molecule has 0 saturated heterocycles. The van der Waals surface area contributed by atoms with Gasteiger partial charge < -0.3 is 9.30 Å². The molecule has 2 aromatic rings. The molecule has 2 unspecified atom stereocenters. The molecule has 1 heterocycles. The van der Waals surface area contributed by atoms with Gasteiger partial charge in [0.25, 0.3) is 0 Å². The molecule has 6 heteroatoms. The molecule has 0 radical (unpaired) electrons. The molecule has 104 valence electrons.